The smallest absolute Gasteiger partial charge is 0.296 e. The minimum atomic E-state index is -0.868. The number of carbonyl (C=O) groups excluding carboxylic acids is 3. The van der Waals surface area contributed by atoms with Gasteiger partial charge in [0, 0.05) is 22.4 Å². The Labute approximate surface area is 242 Å². The lowest BCUT2D eigenvalue weighted by molar-refractivity contribution is -0.112. The summed E-state index contributed by atoms with van der Waals surface area (Å²) >= 11 is 0. The lowest BCUT2D eigenvalue weighted by Crippen LogP contribution is -2.26. The number of anilines is 1. The maximum absolute atomic E-state index is 14.3. The lowest BCUT2D eigenvalue weighted by Gasteiger charge is -2.16. The third-order valence-corrected chi connectivity index (χ3v) is 7.04. The minimum absolute atomic E-state index is 0.0668. The summed E-state index contributed by atoms with van der Waals surface area (Å²) in [5.41, 5.74) is 4.37. The van der Waals surface area contributed by atoms with Crippen LogP contribution in [-0.2, 0) is 4.79 Å². The molecule has 0 aliphatic rings. The molecule has 4 aromatic carbocycles. The zero-order chi connectivity index (χ0) is 29.2. The van der Waals surface area contributed by atoms with Crippen molar-refractivity contribution in [3.63, 3.8) is 0 Å². The van der Waals surface area contributed by atoms with E-state index in [1.807, 2.05) is 73.7 Å². The van der Waals surface area contributed by atoms with E-state index >= 15 is 0 Å². The fourth-order valence-electron chi connectivity index (χ4n) is 4.99. The normalized spacial score (nSPS) is 10.9. The highest BCUT2D eigenvalue weighted by Gasteiger charge is 2.33. The number of aromatic nitrogens is 3. The van der Waals surface area contributed by atoms with E-state index in [4.69, 9.17) is 10.1 Å². The maximum atomic E-state index is 14.3. The number of hydrogen-bond donors (Lipinski definition) is 1. The zero-order valence-electron chi connectivity index (χ0n) is 23.0. The Balaban J connectivity index is 1.66. The molecule has 204 valence electrons. The number of rotatable bonds is 7. The first-order valence-corrected chi connectivity index (χ1v) is 13.5. The van der Waals surface area contributed by atoms with E-state index in [0.29, 0.717) is 33.5 Å². The molecule has 1 amide bonds. The molecule has 0 aliphatic heterocycles. The average Bonchev–Trinajstić information content (AvgIpc) is 3.37. The number of benzene rings is 4. The van der Waals surface area contributed by atoms with E-state index in [0.717, 1.165) is 11.3 Å². The molecular formula is C35H26N4O3. The van der Waals surface area contributed by atoms with Gasteiger partial charge in [-0.2, -0.15) is 5.10 Å². The molecule has 0 saturated carbocycles. The van der Waals surface area contributed by atoms with Crippen molar-refractivity contribution in [3.05, 3.63) is 143 Å². The van der Waals surface area contributed by atoms with Crippen LogP contribution in [-0.4, -0.2) is 32.2 Å². The number of hydrogen-bond acceptors (Lipinski definition) is 5. The molecular weight excluding hydrogens is 524 g/mol. The van der Waals surface area contributed by atoms with Gasteiger partial charge in [-0.15, -0.1) is 0 Å². The van der Waals surface area contributed by atoms with Crippen molar-refractivity contribution in [1.82, 2.24) is 14.8 Å². The third kappa shape index (κ3) is 4.88. The van der Waals surface area contributed by atoms with Crippen molar-refractivity contribution in [2.75, 3.05) is 5.32 Å². The van der Waals surface area contributed by atoms with Crippen molar-refractivity contribution in [3.8, 4) is 16.9 Å². The topological polar surface area (TPSA) is 93.9 Å². The molecule has 1 N–H and O–H groups in total. The Morgan fingerprint density at radius 3 is 1.93 bits per heavy atom. The van der Waals surface area contributed by atoms with Crippen molar-refractivity contribution < 1.29 is 14.4 Å². The molecule has 0 bridgehead atoms. The zero-order valence-corrected chi connectivity index (χ0v) is 23.0. The number of Topliss-reactive ketones (excluding diaryl/α,β-unsaturated/α-hetero) is 1. The Bertz CT molecular complexity index is 1950. The van der Waals surface area contributed by atoms with Gasteiger partial charge in [-0.3, -0.25) is 14.4 Å². The molecule has 0 radical (unpaired) electrons. The number of carbonyl (C=O) groups is 3. The fraction of sp³-hybridized carbons (Fsp3) is 0.0571. The van der Waals surface area contributed by atoms with E-state index in [1.54, 1.807) is 60.1 Å². The lowest BCUT2D eigenvalue weighted by atomic mass is 9.89. The summed E-state index contributed by atoms with van der Waals surface area (Å²) in [7, 11) is 0. The fourth-order valence-corrected chi connectivity index (χ4v) is 4.99. The maximum Gasteiger partial charge on any atom is 0.296 e. The highest BCUT2D eigenvalue weighted by Crippen LogP contribution is 2.35. The largest absolute Gasteiger partial charge is 0.319 e. The average molecular weight is 551 g/mol. The summed E-state index contributed by atoms with van der Waals surface area (Å²) in [6, 6.07) is 34.4. The van der Waals surface area contributed by atoms with Gasteiger partial charge in [-0.1, -0.05) is 96.6 Å². The molecule has 0 aliphatic carbocycles. The SMILES string of the molecule is Cc1ccc(NC(=O)C(=O)c2c(-c3ccccc3)nc3c(c(C)nn3-c3ccccc3)c2C(=O)c2ccccc2)cc1. The van der Waals surface area contributed by atoms with E-state index in [9.17, 15) is 14.4 Å². The number of ketones is 2. The van der Waals surface area contributed by atoms with Gasteiger partial charge in [0.1, 0.15) is 0 Å². The van der Waals surface area contributed by atoms with Gasteiger partial charge in [0.15, 0.2) is 11.4 Å². The van der Waals surface area contributed by atoms with Crippen LogP contribution in [0.4, 0.5) is 5.69 Å². The number of nitrogens with one attached hydrogen (secondary N) is 1. The number of aryl methyl sites for hydroxylation is 2. The van der Waals surface area contributed by atoms with Crippen LogP contribution in [0, 0.1) is 13.8 Å². The predicted molar refractivity (Wildman–Crippen MR) is 163 cm³/mol. The Hall–Kier alpha value is -5.69. The number of nitrogens with zero attached hydrogens (tertiary/aromatic N) is 3. The number of fused-ring (bicyclic) bond motifs is 1. The van der Waals surface area contributed by atoms with Crippen molar-refractivity contribution >= 4 is 34.2 Å². The summed E-state index contributed by atoms with van der Waals surface area (Å²) in [6.07, 6.45) is 0. The Kier molecular flexibility index (Phi) is 6.98. The third-order valence-electron chi connectivity index (χ3n) is 7.04. The molecule has 0 fully saturated rings. The van der Waals surface area contributed by atoms with Crippen LogP contribution >= 0.6 is 0 Å². The standard InChI is InChI=1S/C35H26N4O3/c1-22-18-20-26(21-19-22)36-35(42)33(41)30-29(32(40)25-14-8-4-9-15-25)28-23(2)38-39(27-16-10-5-11-17-27)34(28)37-31(30)24-12-6-3-7-13-24/h3-21H,1-2H3,(H,36,42). The van der Waals surface area contributed by atoms with Crippen LogP contribution in [0.15, 0.2) is 115 Å². The van der Waals surface area contributed by atoms with Crippen LogP contribution in [0.3, 0.4) is 0 Å². The molecule has 2 aromatic heterocycles. The van der Waals surface area contributed by atoms with Gasteiger partial charge < -0.3 is 5.32 Å². The quantitative estimate of drug-likeness (QED) is 0.175. The van der Waals surface area contributed by atoms with E-state index in [2.05, 4.69) is 5.32 Å². The van der Waals surface area contributed by atoms with E-state index < -0.39 is 17.5 Å². The van der Waals surface area contributed by atoms with Crippen LogP contribution in [0.5, 0.6) is 0 Å². The van der Waals surface area contributed by atoms with Gasteiger partial charge in [-0.25, -0.2) is 9.67 Å². The molecule has 0 saturated heterocycles. The second kappa shape index (κ2) is 11.1. The molecule has 0 atom stereocenters. The number of pyridine rings is 1. The van der Waals surface area contributed by atoms with E-state index in [1.165, 1.54) is 0 Å². The molecule has 7 nitrogen and oxygen atoms in total. The molecule has 2 heterocycles. The van der Waals surface area contributed by atoms with Gasteiger partial charge in [-0.05, 0) is 38.1 Å². The highest BCUT2D eigenvalue weighted by molar-refractivity contribution is 6.49. The number of para-hydroxylation sites is 1. The molecule has 0 spiro atoms. The first-order valence-electron chi connectivity index (χ1n) is 13.5. The predicted octanol–water partition coefficient (Wildman–Crippen LogP) is 6.76. The van der Waals surface area contributed by atoms with Crippen molar-refractivity contribution in [2.24, 2.45) is 0 Å². The summed E-state index contributed by atoms with van der Waals surface area (Å²) in [5, 5.41) is 7.86. The van der Waals surface area contributed by atoms with Crippen LogP contribution in [0.25, 0.3) is 28.0 Å². The molecule has 6 rings (SSSR count). The monoisotopic (exact) mass is 550 g/mol. The van der Waals surface area contributed by atoms with Crippen molar-refractivity contribution in [2.45, 2.75) is 13.8 Å². The van der Waals surface area contributed by atoms with E-state index in [-0.39, 0.29) is 16.8 Å². The first-order chi connectivity index (χ1) is 20.4. The molecule has 6 aromatic rings. The second-order valence-corrected chi connectivity index (χ2v) is 9.95. The Morgan fingerprint density at radius 2 is 1.29 bits per heavy atom. The van der Waals surface area contributed by atoms with Gasteiger partial charge >= 0.3 is 0 Å². The first kappa shape index (κ1) is 26.5. The second-order valence-electron chi connectivity index (χ2n) is 9.95. The Morgan fingerprint density at radius 1 is 0.690 bits per heavy atom. The van der Waals surface area contributed by atoms with Gasteiger partial charge in [0.05, 0.1) is 28.0 Å². The minimum Gasteiger partial charge on any atom is -0.319 e. The molecule has 42 heavy (non-hydrogen) atoms. The van der Waals surface area contributed by atoms with Crippen LogP contribution in [0.1, 0.15) is 37.5 Å². The van der Waals surface area contributed by atoms with Gasteiger partial charge in [0.25, 0.3) is 11.7 Å². The summed E-state index contributed by atoms with van der Waals surface area (Å²) in [4.78, 5) is 47.0. The summed E-state index contributed by atoms with van der Waals surface area (Å²) < 4.78 is 1.67. The van der Waals surface area contributed by atoms with Crippen molar-refractivity contribution in [1.29, 1.82) is 0 Å². The molecule has 0 unspecified atom stereocenters. The van der Waals surface area contributed by atoms with Crippen LogP contribution in [0.2, 0.25) is 0 Å². The number of amides is 1. The van der Waals surface area contributed by atoms with Crippen LogP contribution < -0.4 is 5.32 Å². The highest BCUT2D eigenvalue weighted by atomic mass is 16.2. The van der Waals surface area contributed by atoms with Gasteiger partial charge in [0.2, 0.25) is 0 Å². The molecule has 7 heteroatoms. The summed E-state index contributed by atoms with van der Waals surface area (Å²) in [5.74, 6) is -2.13. The summed E-state index contributed by atoms with van der Waals surface area (Å²) in [6.45, 7) is 3.71.